The van der Waals surface area contributed by atoms with Gasteiger partial charge >= 0.3 is 7.48 Å². The third kappa shape index (κ3) is 4.25. The molecule has 1 heterocycles. The Morgan fingerprint density at radius 3 is 2.29 bits per heavy atom. The number of hydrogen-bond donors (Lipinski definition) is 1. The van der Waals surface area contributed by atoms with E-state index >= 15 is 0 Å². The van der Waals surface area contributed by atoms with E-state index in [0.717, 1.165) is 44.0 Å². The number of aromatic nitrogens is 1. The first kappa shape index (κ1) is 22.4. The second kappa shape index (κ2) is 8.42. The van der Waals surface area contributed by atoms with E-state index in [4.69, 9.17) is 14.1 Å². The molecule has 4 nitrogen and oxygen atoms in total. The zero-order chi connectivity index (χ0) is 23.9. The van der Waals surface area contributed by atoms with Crippen LogP contribution in [0.1, 0.15) is 27.7 Å². The van der Waals surface area contributed by atoms with E-state index in [1.807, 2.05) is 56.3 Å². The molecule has 0 atom stereocenters. The van der Waals surface area contributed by atoms with Gasteiger partial charge in [0.05, 0.1) is 11.2 Å². The van der Waals surface area contributed by atoms with Gasteiger partial charge in [-0.1, -0.05) is 72.2 Å². The normalized spacial score (nSPS) is 12.4. The van der Waals surface area contributed by atoms with Crippen LogP contribution in [0, 0.1) is 0 Å². The van der Waals surface area contributed by atoms with Crippen LogP contribution in [0.5, 0.6) is 0 Å². The standard InChI is InChI=1S/C29H27BNO3/c1-28(2,32)29(3,4)34-30-23-10-7-9-22(18-23)19-12-14-21(15-13-19)27-31-26-24-11-6-5-8-20(24)16-17-25(26)33-27/h5-18,32H,1-4H3. The average Bonchev–Trinajstić information content (AvgIpc) is 3.27. The van der Waals surface area contributed by atoms with Crippen molar-refractivity contribution >= 4 is 34.8 Å². The van der Waals surface area contributed by atoms with Gasteiger partial charge in [-0.3, -0.25) is 0 Å². The molecule has 1 radical (unpaired) electrons. The number of rotatable bonds is 6. The van der Waals surface area contributed by atoms with Crippen LogP contribution in [-0.4, -0.2) is 28.8 Å². The first-order chi connectivity index (χ1) is 16.2. The summed E-state index contributed by atoms with van der Waals surface area (Å²) in [5, 5.41) is 12.6. The molecule has 1 N–H and O–H groups in total. The van der Waals surface area contributed by atoms with Gasteiger partial charge in [0.25, 0.3) is 0 Å². The number of nitrogens with zero attached hydrogens (tertiary/aromatic N) is 1. The van der Waals surface area contributed by atoms with Gasteiger partial charge in [-0.05, 0) is 62.4 Å². The zero-order valence-corrected chi connectivity index (χ0v) is 19.9. The Hall–Kier alpha value is -3.41. The van der Waals surface area contributed by atoms with Crippen LogP contribution in [-0.2, 0) is 4.65 Å². The van der Waals surface area contributed by atoms with Gasteiger partial charge < -0.3 is 14.2 Å². The predicted molar refractivity (Wildman–Crippen MR) is 139 cm³/mol. The summed E-state index contributed by atoms with van der Waals surface area (Å²) >= 11 is 0. The topological polar surface area (TPSA) is 55.5 Å². The van der Waals surface area contributed by atoms with Crippen molar-refractivity contribution in [2.24, 2.45) is 0 Å². The molecular weight excluding hydrogens is 421 g/mol. The summed E-state index contributed by atoms with van der Waals surface area (Å²) in [6, 6.07) is 28.6. The minimum absolute atomic E-state index is 0.613. The number of aliphatic hydroxyl groups is 1. The SMILES string of the molecule is CC(C)(O)C(C)(C)O[B]c1cccc(-c2ccc(-c3nc4c(ccc5ccccc54)o3)cc2)c1. The molecule has 0 aliphatic carbocycles. The highest BCUT2D eigenvalue weighted by atomic mass is 16.5. The van der Waals surface area contributed by atoms with Crippen molar-refractivity contribution in [3.63, 3.8) is 0 Å². The minimum Gasteiger partial charge on any atom is -0.436 e. The molecule has 0 fully saturated rings. The van der Waals surface area contributed by atoms with Crippen LogP contribution < -0.4 is 5.46 Å². The predicted octanol–water partition coefficient (Wildman–Crippen LogP) is 6.13. The van der Waals surface area contributed by atoms with Gasteiger partial charge in [0.2, 0.25) is 5.89 Å². The number of fused-ring (bicyclic) bond motifs is 3. The summed E-state index contributed by atoms with van der Waals surface area (Å²) in [7, 11) is 1.71. The lowest BCUT2D eigenvalue weighted by molar-refractivity contribution is -0.0893. The summed E-state index contributed by atoms with van der Waals surface area (Å²) in [5.74, 6) is 0.613. The third-order valence-corrected chi connectivity index (χ3v) is 6.60. The fourth-order valence-corrected chi connectivity index (χ4v) is 3.74. The Labute approximate surface area is 200 Å². The van der Waals surface area contributed by atoms with E-state index in [1.54, 1.807) is 21.3 Å². The maximum atomic E-state index is 10.3. The highest BCUT2D eigenvalue weighted by Gasteiger charge is 2.35. The van der Waals surface area contributed by atoms with Crippen LogP contribution in [0.15, 0.2) is 89.3 Å². The molecule has 0 unspecified atom stereocenters. The van der Waals surface area contributed by atoms with E-state index in [-0.39, 0.29) is 0 Å². The molecule has 0 spiro atoms. The third-order valence-electron chi connectivity index (χ3n) is 6.60. The molecule has 34 heavy (non-hydrogen) atoms. The summed E-state index contributed by atoms with van der Waals surface area (Å²) in [4.78, 5) is 4.79. The Kier molecular flexibility index (Phi) is 5.55. The second-order valence-corrected chi connectivity index (χ2v) is 9.66. The molecule has 0 saturated heterocycles. The molecule has 0 amide bonds. The van der Waals surface area contributed by atoms with Crippen molar-refractivity contribution in [3.8, 4) is 22.6 Å². The summed E-state index contributed by atoms with van der Waals surface area (Å²) < 4.78 is 12.0. The smallest absolute Gasteiger partial charge is 0.330 e. The van der Waals surface area contributed by atoms with Gasteiger partial charge in [0.1, 0.15) is 5.52 Å². The average molecular weight is 448 g/mol. The quantitative estimate of drug-likeness (QED) is 0.318. The van der Waals surface area contributed by atoms with Crippen LogP contribution in [0.25, 0.3) is 44.5 Å². The van der Waals surface area contributed by atoms with Gasteiger partial charge in [0, 0.05) is 10.9 Å². The molecule has 5 aromatic rings. The van der Waals surface area contributed by atoms with Crippen LogP contribution >= 0.6 is 0 Å². The Balaban J connectivity index is 1.39. The monoisotopic (exact) mass is 448 g/mol. The zero-order valence-electron chi connectivity index (χ0n) is 19.9. The highest BCUT2D eigenvalue weighted by Crippen LogP contribution is 2.31. The molecular formula is C29H27BNO3. The van der Waals surface area contributed by atoms with E-state index < -0.39 is 11.2 Å². The van der Waals surface area contributed by atoms with Gasteiger partial charge in [-0.15, -0.1) is 0 Å². The van der Waals surface area contributed by atoms with Gasteiger partial charge in [-0.25, -0.2) is 4.98 Å². The molecule has 169 valence electrons. The maximum absolute atomic E-state index is 10.3. The van der Waals surface area contributed by atoms with Crippen LogP contribution in [0.3, 0.4) is 0 Å². The number of oxazole rings is 1. The summed E-state index contributed by atoms with van der Waals surface area (Å²) in [5.41, 5.74) is 4.02. The van der Waals surface area contributed by atoms with E-state index in [9.17, 15) is 5.11 Å². The Morgan fingerprint density at radius 1 is 0.794 bits per heavy atom. The molecule has 1 aromatic heterocycles. The van der Waals surface area contributed by atoms with Crippen molar-refractivity contribution in [1.29, 1.82) is 0 Å². The first-order valence-electron chi connectivity index (χ1n) is 11.4. The fraction of sp³-hybridized carbons (Fsp3) is 0.207. The Morgan fingerprint density at radius 2 is 1.53 bits per heavy atom. The lowest BCUT2D eigenvalue weighted by Crippen LogP contribution is -2.49. The molecule has 5 heteroatoms. The molecule has 0 aliphatic heterocycles. The molecule has 4 aromatic carbocycles. The fourth-order valence-electron chi connectivity index (χ4n) is 3.74. The van der Waals surface area contributed by atoms with E-state index in [0.29, 0.717) is 5.89 Å². The van der Waals surface area contributed by atoms with Gasteiger partial charge in [-0.2, -0.15) is 0 Å². The largest absolute Gasteiger partial charge is 0.436 e. The number of hydrogen-bond acceptors (Lipinski definition) is 4. The lowest BCUT2D eigenvalue weighted by atomic mass is 9.81. The van der Waals surface area contributed by atoms with Crippen molar-refractivity contribution in [2.45, 2.75) is 38.9 Å². The highest BCUT2D eigenvalue weighted by molar-refractivity contribution is 6.47. The minimum atomic E-state index is -0.964. The molecule has 0 aliphatic rings. The molecule has 5 rings (SSSR count). The maximum Gasteiger partial charge on any atom is 0.330 e. The first-order valence-corrected chi connectivity index (χ1v) is 11.4. The summed E-state index contributed by atoms with van der Waals surface area (Å²) in [6.07, 6.45) is 0. The summed E-state index contributed by atoms with van der Waals surface area (Å²) in [6.45, 7) is 7.25. The molecule has 0 saturated carbocycles. The lowest BCUT2D eigenvalue weighted by Gasteiger charge is -2.37. The van der Waals surface area contributed by atoms with E-state index in [1.165, 1.54) is 0 Å². The van der Waals surface area contributed by atoms with Crippen molar-refractivity contribution in [2.75, 3.05) is 0 Å². The van der Waals surface area contributed by atoms with Crippen LogP contribution in [0.2, 0.25) is 0 Å². The second-order valence-electron chi connectivity index (χ2n) is 9.66. The van der Waals surface area contributed by atoms with Gasteiger partial charge in [0.15, 0.2) is 5.58 Å². The van der Waals surface area contributed by atoms with E-state index in [2.05, 4.69) is 42.5 Å². The number of benzene rings is 4. The Bertz CT molecular complexity index is 1460. The van der Waals surface area contributed by atoms with Crippen molar-refractivity contribution in [3.05, 3.63) is 84.9 Å². The van der Waals surface area contributed by atoms with Crippen molar-refractivity contribution in [1.82, 2.24) is 4.98 Å². The molecule has 0 bridgehead atoms. The van der Waals surface area contributed by atoms with Crippen LogP contribution in [0.4, 0.5) is 0 Å². The van der Waals surface area contributed by atoms with Crippen molar-refractivity contribution < 1.29 is 14.2 Å².